The molecule has 1 rings (SSSR count). The van der Waals surface area contributed by atoms with Gasteiger partial charge in [-0.1, -0.05) is 41.5 Å². The largest absolute Gasteiger partial charge is 0.466 e. The van der Waals surface area contributed by atoms with Crippen LogP contribution in [-0.2, 0) is 18.4 Å². The van der Waals surface area contributed by atoms with Crippen LogP contribution in [-0.4, -0.2) is 53.1 Å². The van der Waals surface area contributed by atoms with Crippen molar-refractivity contribution in [1.82, 2.24) is 0 Å². The number of methoxy groups -OCH3 is 1. The molecule has 0 amide bonds. The summed E-state index contributed by atoms with van der Waals surface area (Å²) < 4.78 is 17.9. The van der Waals surface area contributed by atoms with Gasteiger partial charge in [0.25, 0.3) is 0 Å². The fourth-order valence-electron chi connectivity index (χ4n) is 2.48. The topological polar surface area (TPSA) is 65.0 Å². The molecular weight excluding hydrogens is 376 g/mol. The maximum absolute atomic E-state index is 12.2. The maximum atomic E-state index is 12.2. The molecule has 1 aliphatic carbocycles. The van der Waals surface area contributed by atoms with Crippen molar-refractivity contribution in [3.8, 4) is 0 Å². The van der Waals surface area contributed by atoms with E-state index < -0.39 is 34.9 Å². The summed E-state index contributed by atoms with van der Waals surface area (Å²) in [5, 5.41) is 11.1. The summed E-state index contributed by atoms with van der Waals surface area (Å²) in [6.45, 7) is 21.5. The van der Waals surface area contributed by atoms with Gasteiger partial charge in [-0.3, -0.25) is 0 Å². The van der Waals surface area contributed by atoms with Gasteiger partial charge in [0.1, 0.15) is 6.10 Å². The molecule has 0 aromatic heterocycles. The molecule has 0 aromatic rings. The van der Waals surface area contributed by atoms with E-state index in [1.54, 1.807) is 6.08 Å². The van der Waals surface area contributed by atoms with Crippen molar-refractivity contribution in [1.29, 1.82) is 0 Å². The van der Waals surface area contributed by atoms with E-state index in [-0.39, 0.29) is 16.0 Å². The third-order valence-electron chi connectivity index (χ3n) is 6.44. The van der Waals surface area contributed by atoms with Crippen molar-refractivity contribution in [2.45, 2.75) is 103 Å². The van der Waals surface area contributed by atoms with Crippen molar-refractivity contribution >= 4 is 22.6 Å². The molecule has 7 heteroatoms. The number of ether oxygens (including phenoxy) is 1. The third-order valence-corrected chi connectivity index (χ3v) is 15.4. The highest BCUT2D eigenvalue weighted by atomic mass is 28.4. The first-order valence-electron chi connectivity index (χ1n) is 9.75. The smallest absolute Gasteiger partial charge is 0.333 e. The molecule has 0 aliphatic heterocycles. The summed E-state index contributed by atoms with van der Waals surface area (Å²) >= 11 is 0. The Balaban J connectivity index is 3.21. The lowest BCUT2D eigenvalue weighted by atomic mass is 9.92. The van der Waals surface area contributed by atoms with Crippen molar-refractivity contribution in [2.24, 2.45) is 0 Å². The molecule has 0 heterocycles. The standard InChI is InChI=1S/C20H40O5Si2/c1-19(2,3)26(8,9)24-15-12-14(18(22)23-7)13-16(17(15)21)25-27(10,11)20(4,5)6/h12,15-17,21H,13H2,1-11H3/t15-,16-,17-/m1/s1. The number of hydrogen-bond donors (Lipinski definition) is 1. The minimum Gasteiger partial charge on any atom is -0.466 e. The number of hydrogen-bond acceptors (Lipinski definition) is 5. The molecule has 0 aromatic carbocycles. The second-order valence-electron chi connectivity index (χ2n) is 10.6. The maximum Gasteiger partial charge on any atom is 0.333 e. The van der Waals surface area contributed by atoms with E-state index in [0.29, 0.717) is 12.0 Å². The Morgan fingerprint density at radius 2 is 1.44 bits per heavy atom. The highest BCUT2D eigenvalue weighted by Gasteiger charge is 2.46. The van der Waals surface area contributed by atoms with Crippen LogP contribution in [0, 0.1) is 0 Å². The van der Waals surface area contributed by atoms with Crippen LogP contribution in [0.1, 0.15) is 48.0 Å². The first-order chi connectivity index (χ1) is 11.9. The van der Waals surface area contributed by atoms with Crippen LogP contribution in [0.2, 0.25) is 36.3 Å². The molecule has 1 aliphatic rings. The Morgan fingerprint density at radius 1 is 1.00 bits per heavy atom. The minimum atomic E-state index is -2.13. The van der Waals surface area contributed by atoms with E-state index in [4.69, 9.17) is 13.6 Å². The normalized spacial score (nSPS) is 25.2. The Kier molecular flexibility index (Phi) is 7.37. The molecule has 0 saturated carbocycles. The fourth-order valence-corrected chi connectivity index (χ4v) is 5.06. The van der Waals surface area contributed by atoms with E-state index >= 15 is 0 Å². The van der Waals surface area contributed by atoms with Crippen molar-refractivity contribution in [3.63, 3.8) is 0 Å². The van der Waals surface area contributed by atoms with Crippen LogP contribution < -0.4 is 0 Å². The predicted molar refractivity (Wildman–Crippen MR) is 115 cm³/mol. The molecule has 158 valence electrons. The molecule has 5 nitrogen and oxygen atoms in total. The summed E-state index contributed by atoms with van der Waals surface area (Å²) in [5.74, 6) is -0.380. The van der Waals surface area contributed by atoms with Gasteiger partial charge in [0.2, 0.25) is 0 Å². The van der Waals surface area contributed by atoms with Gasteiger partial charge in [0.15, 0.2) is 16.6 Å². The minimum absolute atomic E-state index is 0.000774. The Morgan fingerprint density at radius 3 is 1.85 bits per heavy atom. The average molecular weight is 417 g/mol. The van der Waals surface area contributed by atoms with Gasteiger partial charge in [0, 0.05) is 12.0 Å². The zero-order valence-corrected chi connectivity index (χ0v) is 21.1. The third kappa shape index (κ3) is 5.76. The van der Waals surface area contributed by atoms with E-state index in [1.165, 1.54) is 7.11 Å². The van der Waals surface area contributed by atoms with Crippen LogP contribution in [0.15, 0.2) is 11.6 Å². The predicted octanol–water partition coefficient (Wildman–Crippen LogP) is 4.63. The monoisotopic (exact) mass is 416 g/mol. The van der Waals surface area contributed by atoms with Crippen LogP contribution >= 0.6 is 0 Å². The Labute approximate surface area is 167 Å². The lowest BCUT2D eigenvalue weighted by Gasteiger charge is -2.45. The second kappa shape index (κ2) is 8.10. The van der Waals surface area contributed by atoms with Gasteiger partial charge in [-0.05, 0) is 42.3 Å². The molecular formula is C20H40O5Si2. The summed E-state index contributed by atoms with van der Waals surface area (Å²) in [6, 6.07) is 0. The highest BCUT2D eigenvalue weighted by Crippen LogP contribution is 2.42. The van der Waals surface area contributed by atoms with Crippen molar-refractivity contribution < 1.29 is 23.5 Å². The molecule has 3 atom stereocenters. The molecule has 0 bridgehead atoms. The lowest BCUT2D eigenvalue weighted by molar-refractivity contribution is -0.137. The van der Waals surface area contributed by atoms with Crippen molar-refractivity contribution in [3.05, 3.63) is 11.6 Å². The first kappa shape index (κ1) is 24.6. The second-order valence-corrected chi connectivity index (χ2v) is 20.2. The van der Waals surface area contributed by atoms with E-state index in [1.807, 2.05) is 0 Å². The van der Waals surface area contributed by atoms with Gasteiger partial charge in [0.05, 0.1) is 19.3 Å². The highest BCUT2D eigenvalue weighted by molar-refractivity contribution is 6.74. The van der Waals surface area contributed by atoms with Crippen LogP contribution in [0.25, 0.3) is 0 Å². The SMILES string of the molecule is COC(=O)C1=C[C@@H](O[Si](C)(C)C(C)(C)C)[C@@H](O)[C@H](O[Si](C)(C)C(C)(C)C)C1. The molecule has 0 fully saturated rings. The van der Waals surface area contributed by atoms with E-state index in [2.05, 4.69) is 67.7 Å². The van der Waals surface area contributed by atoms with Gasteiger partial charge < -0.3 is 18.7 Å². The average Bonchev–Trinajstić information content (AvgIpc) is 2.47. The molecule has 27 heavy (non-hydrogen) atoms. The molecule has 0 unspecified atom stereocenters. The van der Waals surface area contributed by atoms with Crippen LogP contribution in [0.5, 0.6) is 0 Å². The quantitative estimate of drug-likeness (QED) is 0.523. The van der Waals surface area contributed by atoms with Gasteiger partial charge >= 0.3 is 5.97 Å². The summed E-state index contributed by atoms with van der Waals surface area (Å²) in [4.78, 5) is 12.2. The number of carbonyl (C=O) groups excluding carboxylic acids is 1. The van der Waals surface area contributed by atoms with Crippen LogP contribution in [0.3, 0.4) is 0 Å². The Hall–Kier alpha value is -0.476. The summed E-state index contributed by atoms with van der Waals surface area (Å²) in [5.41, 5.74) is 0.523. The van der Waals surface area contributed by atoms with Gasteiger partial charge in [-0.25, -0.2) is 4.79 Å². The zero-order valence-electron chi connectivity index (χ0n) is 19.1. The van der Waals surface area contributed by atoms with Crippen LogP contribution in [0.4, 0.5) is 0 Å². The Bertz CT molecular complexity index is 570. The van der Waals surface area contributed by atoms with Gasteiger partial charge in [-0.2, -0.15) is 0 Å². The van der Waals surface area contributed by atoms with Crippen molar-refractivity contribution in [2.75, 3.05) is 7.11 Å². The zero-order chi connectivity index (χ0) is 21.4. The van der Waals surface area contributed by atoms with E-state index in [9.17, 15) is 9.90 Å². The number of aliphatic hydroxyl groups is 1. The summed E-state index contributed by atoms with van der Waals surface area (Å²) in [7, 11) is -2.87. The number of aliphatic hydroxyl groups excluding tert-OH is 1. The van der Waals surface area contributed by atoms with E-state index in [0.717, 1.165) is 0 Å². The summed E-state index contributed by atoms with van der Waals surface area (Å²) in [6.07, 6.45) is 0.241. The fraction of sp³-hybridized carbons (Fsp3) is 0.850. The number of esters is 1. The molecule has 0 saturated heterocycles. The lowest BCUT2D eigenvalue weighted by Crippen LogP contribution is -2.54. The first-order valence-corrected chi connectivity index (χ1v) is 15.6. The molecule has 1 N–H and O–H groups in total. The molecule has 0 spiro atoms. The van der Waals surface area contributed by atoms with Gasteiger partial charge in [-0.15, -0.1) is 0 Å². The molecule has 0 radical (unpaired) electrons. The number of carbonyl (C=O) groups is 1. The number of rotatable bonds is 5.